The van der Waals surface area contributed by atoms with Gasteiger partial charge in [-0.05, 0) is 23.2 Å². The van der Waals surface area contributed by atoms with Crippen molar-refractivity contribution in [3.63, 3.8) is 0 Å². The van der Waals surface area contributed by atoms with E-state index in [9.17, 15) is 4.79 Å². The Bertz CT molecular complexity index is 1400. The Morgan fingerprint density at radius 1 is 1.15 bits per heavy atom. The van der Waals surface area contributed by atoms with Crippen LogP contribution in [-0.4, -0.2) is 41.2 Å². The zero-order chi connectivity index (χ0) is 23.3. The summed E-state index contributed by atoms with van der Waals surface area (Å²) in [5, 5.41) is 11.2. The van der Waals surface area contributed by atoms with Crippen LogP contribution in [0.15, 0.2) is 67.4 Å². The summed E-state index contributed by atoms with van der Waals surface area (Å²) in [5.74, 6) is 0.614. The Morgan fingerprint density at radius 2 is 2.03 bits per heavy atom. The van der Waals surface area contributed by atoms with Crippen molar-refractivity contribution in [2.45, 2.75) is 13.0 Å². The van der Waals surface area contributed by atoms with Gasteiger partial charge in [0.1, 0.15) is 11.6 Å². The van der Waals surface area contributed by atoms with Crippen molar-refractivity contribution in [3.8, 4) is 11.3 Å². The first-order valence-corrected chi connectivity index (χ1v) is 11.4. The van der Waals surface area contributed by atoms with Gasteiger partial charge in [0.25, 0.3) is 0 Å². The summed E-state index contributed by atoms with van der Waals surface area (Å²) in [4.78, 5) is 21.4. The molecule has 10 nitrogen and oxygen atoms in total. The van der Waals surface area contributed by atoms with Crippen molar-refractivity contribution in [3.05, 3.63) is 78.6 Å². The number of ether oxygens (including phenoxy) is 1. The number of amides is 1. The van der Waals surface area contributed by atoms with Gasteiger partial charge in [-0.25, -0.2) is 14.8 Å². The molecule has 5 rings (SSSR count). The van der Waals surface area contributed by atoms with Gasteiger partial charge in [0, 0.05) is 44.2 Å². The normalized spacial score (nSPS) is 11.0. The van der Waals surface area contributed by atoms with E-state index in [0.717, 1.165) is 27.5 Å². The van der Waals surface area contributed by atoms with Crippen molar-refractivity contribution in [2.24, 2.45) is 7.05 Å². The summed E-state index contributed by atoms with van der Waals surface area (Å²) in [6.45, 7) is 0.604. The van der Waals surface area contributed by atoms with Crippen LogP contribution in [0.1, 0.15) is 11.3 Å². The maximum absolute atomic E-state index is 12.1. The van der Waals surface area contributed by atoms with Gasteiger partial charge in [-0.1, -0.05) is 30.3 Å². The average molecular weight is 475 g/mol. The number of imidazole rings is 1. The number of carbonyl (C=O) groups excluding carboxylic acids is 1. The maximum Gasteiger partial charge on any atom is 0.407 e. The minimum absolute atomic E-state index is 0.226. The zero-order valence-corrected chi connectivity index (χ0v) is 19.2. The van der Waals surface area contributed by atoms with Gasteiger partial charge in [-0.2, -0.15) is 9.47 Å². The fraction of sp³-hybridized carbons (Fsp3) is 0.174. The predicted octanol–water partition coefficient (Wildman–Crippen LogP) is 3.80. The molecule has 0 radical (unpaired) electrons. The largest absolute Gasteiger partial charge is 0.445 e. The molecular formula is C23H22N8O2S. The molecule has 0 spiro atoms. The molecule has 0 bridgehead atoms. The summed E-state index contributed by atoms with van der Waals surface area (Å²) in [7, 11) is 1.87. The Labute approximate surface area is 199 Å². The standard InChI is InChI=1S/C23H22N8O2S/c1-30-13-17(11-26-30)19-12-25-22-21(29-20-8-10-27-34-20)28-18(14-31(19)22)7-9-24-23(32)33-15-16-5-3-2-4-6-16/h2-6,8,10-14H,7,9,15H2,1H3,(H,24,32)(H,28,29). The number of carbonyl (C=O) groups is 1. The van der Waals surface area contributed by atoms with Crippen LogP contribution >= 0.6 is 11.5 Å². The number of anilines is 2. The number of rotatable bonds is 8. The molecule has 4 aromatic heterocycles. The van der Waals surface area contributed by atoms with Crippen LogP contribution in [0, 0.1) is 0 Å². The van der Waals surface area contributed by atoms with Gasteiger partial charge in [0.2, 0.25) is 0 Å². The number of aromatic nitrogens is 6. The third-order valence-corrected chi connectivity index (χ3v) is 5.75. The Balaban J connectivity index is 1.33. The second kappa shape index (κ2) is 9.71. The number of nitrogens with zero attached hydrogens (tertiary/aromatic N) is 6. The molecule has 0 aliphatic carbocycles. The number of alkyl carbamates (subject to hydrolysis) is 1. The van der Waals surface area contributed by atoms with E-state index in [1.165, 1.54) is 11.5 Å². The summed E-state index contributed by atoms with van der Waals surface area (Å²) in [5.41, 5.74) is 4.25. The van der Waals surface area contributed by atoms with E-state index in [-0.39, 0.29) is 6.61 Å². The topological polar surface area (TPSA) is 111 Å². The molecule has 2 N–H and O–H groups in total. The van der Waals surface area contributed by atoms with E-state index in [1.54, 1.807) is 23.3 Å². The van der Waals surface area contributed by atoms with Gasteiger partial charge < -0.3 is 15.4 Å². The van der Waals surface area contributed by atoms with E-state index in [0.29, 0.717) is 24.4 Å². The van der Waals surface area contributed by atoms with Gasteiger partial charge in [0.05, 0.1) is 23.8 Å². The SMILES string of the molecule is Cn1cc(-c2cnc3c(Nc4ccns4)nc(CCNC(=O)OCc4ccccc4)cn23)cn1. The summed E-state index contributed by atoms with van der Waals surface area (Å²) in [6, 6.07) is 11.4. The number of benzene rings is 1. The quantitative estimate of drug-likeness (QED) is 0.352. The monoisotopic (exact) mass is 474 g/mol. The predicted molar refractivity (Wildman–Crippen MR) is 129 cm³/mol. The molecule has 0 unspecified atom stereocenters. The molecule has 0 fully saturated rings. The number of aryl methyl sites for hydroxylation is 1. The molecule has 34 heavy (non-hydrogen) atoms. The zero-order valence-electron chi connectivity index (χ0n) is 18.4. The smallest absolute Gasteiger partial charge is 0.407 e. The third-order valence-electron chi connectivity index (χ3n) is 5.09. The highest BCUT2D eigenvalue weighted by Crippen LogP contribution is 2.27. The number of nitrogens with one attached hydrogen (secondary N) is 2. The van der Waals surface area contributed by atoms with Crippen molar-refractivity contribution >= 4 is 34.1 Å². The van der Waals surface area contributed by atoms with Crippen LogP contribution < -0.4 is 10.6 Å². The van der Waals surface area contributed by atoms with Crippen LogP contribution in [0.25, 0.3) is 16.9 Å². The average Bonchev–Trinajstić information content (AvgIpc) is 3.60. The van der Waals surface area contributed by atoms with E-state index < -0.39 is 6.09 Å². The molecular weight excluding hydrogens is 452 g/mol. The minimum Gasteiger partial charge on any atom is -0.445 e. The highest BCUT2D eigenvalue weighted by molar-refractivity contribution is 7.10. The molecule has 5 aromatic rings. The number of fused-ring (bicyclic) bond motifs is 1. The van der Waals surface area contributed by atoms with Crippen LogP contribution in [0.5, 0.6) is 0 Å². The molecule has 0 saturated heterocycles. The third kappa shape index (κ3) is 4.89. The van der Waals surface area contributed by atoms with Crippen molar-refractivity contribution in [2.75, 3.05) is 11.9 Å². The minimum atomic E-state index is -0.466. The fourth-order valence-corrected chi connectivity index (χ4v) is 3.97. The second-order valence-corrected chi connectivity index (χ2v) is 8.39. The number of hydrogen-bond donors (Lipinski definition) is 2. The fourth-order valence-electron chi connectivity index (χ4n) is 3.47. The molecule has 0 saturated carbocycles. The van der Waals surface area contributed by atoms with Crippen LogP contribution in [0.3, 0.4) is 0 Å². The van der Waals surface area contributed by atoms with Gasteiger partial charge in [-0.15, -0.1) is 0 Å². The maximum atomic E-state index is 12.1. The highest BCUT2D eigenvalue weighted by atomic mass is 32.1. The van der Waals surface area contributed by atoms with Crippen molar-refractivity contribution in [1.82, 2.24) is 33.8 Å². The lowest BCUT2D eigenvalue weighted by Crippen LogP contribution is -2.26. The van der Waals surface area contributed by atoms with Gasteiger partial charge >= 0.3 is 6.09 Å². The Morgan fingerprint density at radius 3 is 2.79 bits per heavy atom. The first-order valence-electron chi connectivity index (χ1n) is 10.6. The van der Waals surface area contributed by atoms with Gasteiger partial charge in [0.15, 0.2) is 11.5 Å². The lowest BCUT2D eigenvalue weighted by atomic mass is 10.2. The summed E-state index contributed by atoms with van der Waals surface area (Å²) in [6.07, 6.45) is 9.24. The summed E-state index contributed by atoms with van der Waals surface area (Å²) < 4.78 is 13.2. The van der Waals surface area contributed by atoms with Crippen LogP contribution in [-0.2, 0) is 24.8 Å². The van der Waals surface area contributed by atoms with Crippen molar-refractivity contribution < 1.29 is 9.53 Å². The lowest BCUT2D eigenvalue weighted by molar-refractivity contribution is 0.140. The molecule has 11 heteroatoms. The van der Waals surface area contributed by atoms with E-state index in [1.807, 2.05) is 60.2 Å². The molecule has 0 aliphatic rings. The van der Waals surface area contributed by atoms with Gasteiger partial charge in [-0.3, -0.25) is 9.08 Å². The van der Waals surface area contributed by atoms with E-state index in [2.05, 4.69) is 25.1 Å². The summed E-state index contributed by atoms with van der Waals surface area (Å²) >= 11 is 1.34. The molecule has 0 atom stereocenters. The highest BCUT2D eigenvalue weighted by Gasteiger charge is 2.15. The molecule has 172 valence electrons. The second-order valence-electron chi connectivity index (χ2n) is 7.56. The van der Waals surface area contributed by atoms with Crippen molar-refractivity contribution in [1.29, 1.82) is 0 Å². The Hall–Kier alpha value is -4.25. The first kappa shape index (κ1) is 21.6. The molecule has 0 aliphatic heterocycles. The van der Waals surface area contributed by atoms with E-state index in [4.69, 9.17) is 9.72 Å². The number of hydrogen-bond acceptors (Lipinski definition) is 8. The molecule has 4 heterocycles. The van der Waals surface area contributed by atoms with Crippen LogP contribution in [0.2, 0.25) is 0 Å². The van der Waals surface area contributed by atoms with Crippen LogP contribution in [0.4, 0.5) is 15.6 Å². The van der Waals surface area contributed by atoms with E-state index >= 15 is 0 Å². The first-order chi connectivity index (χ1) is 16.7. The molecule has 1 aromatic carbocycles. The lowest BCUT2D eigenvalue weighted by Gasteiger charge is -2.10. The Kier molecular flexibility index (Phi) is 6.17. The molecule has 1 amide bonds.